The van der Waals surface area contributed by atoms with Crippen molar-refractivity contribution in [1.82, 2.24) is 10.6 Å². The molecule has 0 aliphatic carbocycles. The van der Waals surface area contributed by atoms with Gasteiger partial charge in [-0.3, -0.25) is 0 Å². The molecule has 96 valence electrons. The second-order valence-corrected chi connectivity index (χ2v) is 4.05. The predicted molar refractivity (Wildman–Crippen MR) is 64.3 cm³/mol. The van der Waals surface area contributed by atoms with Gasteiger partial charge in [0.1, 0.15) is 0 Å². The van der Waals surface area contributed by atoms with Crippen LogP contribution in [0.15, 0.2) is 11.3 Å². The van der Waals surface area contributed by atoms with Crippen molar-refractivity contribution in [2.75, 3.05) is 6.61 Å². The molecule has 0 aromatic heterocycles. The van der Waals surface area contributed by atoms with Crippen molar-refractivity contribution in [3.63, 3.8) is 0 Å². The molecule has 1 atom stereocenters. The van der Waals surface area contributed by atoms with Crippen LogP contribution < -0.4 is 10.6 Å². The molecule has 5 nitrogen and oxygen atoms in total. The summed E-state index contributed by atoms with van der Waals surface area (Å²) in [7, 11) is 0. The van der Waals surface area contributed by atoms with Gasteiger partial charge in [0, 0.05) is 5.70 Å². The molecule has 1 rings (SSSR count). The number of esters is 1. The van der Waals surface area contributed by atoms with Crippen LogP contribution >= 0.6 is 0 Å². The maximum atomic E-state index is 11.8. The number of amides is 2. The van der Waals surface area contributed by atoms with E-state index in [-0.39, 0.29) is 18.0 Å². The van der Waals surface area contributed by atoms with E-state index in [2.05, 4.69) is 17.6 Å². The smallest absolute Gasteiger partial charge is 0.337 e. The van der Waals surface area contributed by atoms with E-state index in [1.807, 2.05) is 0 Å². The quantitative estimate of drug-likeness (QED) is 0.719. The lowest BCUT2D eigenvalue weighted by molar-refractivity contribution is -0.139. The summed E-state index contributed by atoms with van der Waals surface area (Å²) >= 11 is 0. The number of carbonyl (C=O) groups is 2. The number of ether oxygens (including phenoxy) is 1. The molecule has 0 spiro atoms. The monoisotopic (exact) mass is 240 g/mol. The lowest BCUT2D eigenvalue weighted by atomic mass is 9.98. The minimum absolute atomic E-state index is 0.234. The van der Waals surface area contributed by atoms with Crippen LogP contribution in [0.25, 0.3) is 0 Å². The summed E-state index contributed by atoms with van der Waals surface area (Å²) < 4.78 is 5.01. The molecule has 0 saturated carbocycles. The first-order valence-corrected chi connectivity index (χ1v) is 6.05. The molecule has 2 amide bonds. The van der Waals surface area contributed by atoms with Gasteiger partial charge in [-0.2, -0.15) is 0 Å². The first-order chi connectivity index (χ1) is 8.10. The van der Waals surface area contributed by atoms with E-state index in [4.69, 9.17) is 4.74 Å². The van der Waals surface area contributed by atoms with Gasteiger partial charge in [-0.15, -0.1) is 0 Å². The molecular formula is C12H20N2O3. The number of rotatable bonds is 5. The Kier molecular flexibility index (Phi) is 5.00. The number of urea groups is 1. The Labute approximate surface area is 102 Å². The van der Waals surface area contributed by atoms with Crippen LogP contribution in [0.2, 0.25) is 0 Å². The van der Waals surface area contributed by atoms with Crippen LogP contribution in [-0.2, 0) is 9.53 Å². The van der Waals surface area contributed by atoms with Gasteiger partial charge < -0.3 is 15.4 Å². The third-order valence-corrected chi connectivity index (χ3v) is 2.70. The Morgan fingerprint density at radius 2 is 2.12 bits per heavy atom. The lowest BCUT2D eigenvalue weighted by Gasteiger charge is -2.27. The third-order valence-electron chi connectivity index (χ3n) is 2.70. The third kappa shape index (κ3) is 3.47. The fourth-order valence-corrected chi connectivity index (χ4v) is 1.89. The van der Waals surface area contributed by atoms with Crippen molar-refractivity contribution < 1.29 is 14.3 Å². The number of hydrogen-bond acceptors (Lipinski definition) is 3. The van der Waals surface area contributed by atoms with Gasteiger partial charge >= 0.3 is 12.0 Å². The highest BCUT2D eigenvalue weighted by Crippen LogP contribution is 2.18. The van der Waals surface area contributed by atoms with E-state index in [9.17, 15) is 9.59 Å². The van der Waals surface area contributed by atoms with E-state index in [0.717, 1.165) is 19.3 Å². The number of hydrogen-bond donors (Lipinski definition) is 2. The molecule has 1 unspecified atom stereocenters. The van der Waals surface area contributed by atoms with Crippen LogP contribution in [0.3, 0.4) is 0 Å². The Morgan fingerprint density at radius 1 is 1.41 bits per heavy atom. The van der Waals surface area contributed by atoms with Gasteiger partial charge in [-0.25, -0.2) is 9.59 Å². The molecule has 1 aliphatic heterocycles. The normalized spacial score (nSPS) is 19.7. The van der Waals surface area contributed by atoms with E-state index in [0.29, 0.717) is 17.9 Å². The Morgan fingerprint density at radius 3 is 2.71 bits per heavy atom. The summed E-state index contributed by atoms with van der Waals surface area (Å²) in [4.78, 5) is 23.2. The first kappa shape index (κ1) is 13.5. The minimum Gasteiger partial charge on any atom is -0.463 e. The van der Waals surface area contributed by atoms with Gasteiger partial charge in [0.2, 0.25) is 0 Å². The number of nitrogens with one attached hydrogen (secondary N) is 2. The molecule has 0 bridgehead atoms. The summed E-state index contributed by atoms with van der Waals surface area (Å²) in [6.45, 7) is 5.90. The van der Waals surface area contributed by atoms with Crippen molar-refractivity contribution in [2.24, 2.45) is 0 Å². The summed E-state index contributed by atoms with van der Waals surface area (Å²) in [6, 6.07) is -0.487. The predicted octanol–water partition coefficient (Wildman–Crippen LogP) is 1.70. The van der Waals surface area contributed by atoms with E-state index in [1.54, 1.807) is 13.8 Å². The Hall–Kier alpha value is -1.52. The van der Waals surface area contributed by atoms with Crippen LogP contribution in [0.1, 0.15) is 40.0 Å². The van der Waals surface area contributed by atoms with Crippen molar-refractivity contribution in [3.8, 4) is 0 Å². The summed E-state index contributed by atoms with van der Waals surface area (Å²) in [5.41, 5.74) is 1.13. The maximum absolute atomic E-state index is 11.8. The van der Waals surface area contributed by atoms with Gasteiger partial charge in [-0.1, -0.05) is 19.8 Å². The van der Waals surface area contributed by atoms with Gasteiger partial charge in [0.15, 0.2) is 0 Å². The van der Waals surface area contributed by atoms with Crippen molar-refractivity contribution in [3.05, 3.63) is 11.3 Å². The average Bonchev–Trinajstić information content (AvgIpc) is 2.25. The highest BCUT2D eigenvalue weighted by Gasteiger charge is 2.30. The van der Waals surface area contributed by atoms with E-state index >= 15 is 0 Å². The molecule has 2 N–H and O–H groups in total. The molecule has 17 heavy (non-hydrogen) atoms. The van der Waals surface area contributed by atoms with Crippen molar-refractivity contribution in [1.29, 1.82) is 0 Å². The lowest BCUT2D eigenvalue weighted by Crippen LogP contribution is -2.49. The molecule has 0 radical (unpaired) electrons. The Bertz CT molecular complexity index is 337. The zero-order valence-corrected chi connectivity index (χ0v) is 10.6. The van der Waals surface area contributed by atoms with Crippen LogP contribution in [0.4, 0.5) is 4.79 Å². The van der Waals surface area contributed by atoms with Gasteiger partial charge in [0.25, 0.3) is 0 Å². The zero-order valence-electron chi connectivity index (χ0n) is 10.6. The number of carbonyl (C=O) groups excluding carboxylic acids is 2. The largest absolute Gasteiger partial charge is 0.463 e. The van der Waals surface area contributed by atoms with Gasteiger partial charge in [-0.05, 0) is 20.3 Å². The minimum atomic E-state index is -0.349. The van der Waals surface area contributed by atoms with Crippen molar-refractivity contribution in [2.45, 2.75) is 46.1 Å². The second-order valence-electron chi connectivity index (χ2n) is 4.05. The fraction of sp³-hybridized carbons (Fsp3) is 0.667. The van der Waals surface area contributed by atoms with Gasteiger partial charge in [0.05, 0.1) is 18.2 Å². The molecule has 0 aromatic carbocycles. The molecule has 0 aromatic rings. The maximum Gasteiger partial charge on any atom is 0.337 e. The molecule has 1 aliphatic rings. The first-order valence-electron chi connectivity index (χ1n) is 6.05. The molecule has 5 heteroatoms. The van der Waals surface area contributed by atoms with Crippen LogP contribution in [0, 0.1) is 0 Å². The molecule has 0 fully saturated rings. The molecular weight excluding hydrogens is 220 g/mol. The SMILES string of the molecule is CCCCC1NC(=O)NC(C)=C1C(=O)OCC. The summed E-state index contributed by atoms with van der Waals surface area (Å²) in [5.74, 6) is -0.349. The number of unbranched alkanes of at least 4 members (excludes halogenated alkanes) is 1. The number of allylic oxidation sites excluding steroid dienone is 1. The zero-order chi connectivity index (χ0) is 12.8. The fourth-order valence-electron chi connectivity index (χ4n) is 1.89. The van der Waals surface area contributed by atoms with Crippen LogP contribution in [0.5, 0.6) is 0 Å². The highest BCUT2D eigenvalue weighted by atomic mass is 16.5. The van der Waals surface area contributed by atoms with Crippen molar-refractivity contribution >= 4 is 12.0 Å². The average molecular weight is 240 g/mol. The topological polar surface area (TPSA) is 67.4 Å². The second kappa shape index (κ2) is 6.27. The molecule has 1 heterocycles. The Balaban J connectivity index is 2.87. The summed E-state index contributed by atoms with van der Waals surface area (Å²) in [6.07, 6.45) is 2.74. The highest BCUT2D eigenvalue weighted by molar-refractivity contribution is 5.94. The molecule has 0 saturated heterocycles. The van der Waals surface area contributed by atoms with E-state index < -0.39 is 0 Å². The standard InChI is InChI=1S/C12H20N2O3/c1-4-6-7-9-10(11(15)17-5-2)8(3)13-12(16)14-9/h9H,4-7H2,1-3H3,(H2,13,14,16). The van der Waals surface area contributed by atoms with Crippen LogP contribution in [-0.4, -0.2) is 24.6 Å². The summed E-state index contributed by atoms with van der Waals surface area (Å²) in [5, 5.41) is 5.37. The van der Waals surface area contributed by atoms with E-state index in [1.165, 1.54) is 0 Å².